The molecule has 1 atom stereocenters. The molecule has 1 unspecified atom stereocenters. The largest absolute Gasteiger partial charge is 0.328 e. The highest BCUT2D eigenvalue weighted by atomic mass is 32.2. The van der Waals surface area contributed by atoms with Gasteiger partial charge in [-0.2, -0.15) is 0 Å². The van der Waals surface area contributed by atoms with Crippen molar-refractivity contribution in [2.45, 2.75) is 68.6 Å². The van der Waals surface area contributed by atoms with Crippen molar-refractivity contribution in [1.82, 2.24) is 0 Å². The number of rotatable bonds is 4. The molecule has 2 heteroatoms. The van der Waals surface area contributed by atoms with E-state index < -0.39 is 0 Å². The molecule has 1 aliphatic rings. The summed E-state index contributed by atoms with van der Waals surface area (Å²) in [4.78, 5) is 1.47. The molecule has 0 bridgehead atoms. The molecule has 0 spiro atoms. The molecule has 1 aliphatic carbocycles. The van der Waals surface area contributed by atoms with E-state index in [1.165, 1.54) is 48.1 Å². The Balaban J connectivity index is 2.00. The van der Waals surface area contributed by atoms with E-state index in [2.05, 4.69) is 43.8 Å². The molecular formula is C16H25NS. The predicted molar refractivity (Wildman–Crippen MR) is 81.3 cm³/mol. The molecule has 2 N–H and O–H groups in total. The molecular weight excluding hydrogens is 238 g/mol. The van der Waals surface area contributed by atoms with E-state index in [1.807, 2.05) is 0 Å². The minimum Gasteiger partial charge on any atom is -0.328 e. The van der Waals surface area contributed by atoms with Crippen LogP contribution in [0, 0.1) is 6.92 Å². The Labute approximate surface area is 116 Å². The normalized spacial score (nSPS) is 18.8. The molecule has 18 heavy (non-hydrogen) atoms. The Kier molecular flexibility index (Phi) is 5.13. The lowest BCUT2D eigenvalue weighted by atomic mass is 10.0. The van der Waals surface area contributed by atoms with Crippen molar-refractivity contribution in [3.05, 3.63) is 29.3 Å². The molecule has 0 amide bonds. The minimum atomic E-state index is 0.251. The summed E-state index contributed by atoms with van der Waals surface area (Å²) in [6, 6.07) is 7.11. The lowest BCUT2D eigenvalue weighted by Crippen LogP contribution is -2.17. The second kappa shape index (κ2) is 6.63. The summed E-state index contributed by atoms with van der Waals surface area (Å²) in [5, 5.41) is 0.844. The number of hydrogen-bond acceptors (Lipinski definition) is 2. The van der Waals surface area contributed by atoms with Crippen LogP contribution in [0.1, 0.15) is 50.2 Å². The van der Waals surface area contributed by atoms with Crippen LogP contribution in [0.25, 0.3) is 0 Å². The maximum Gasteiger partial charge on any atom is 0.0104 e. The van der Waals surface area contributed by atoms with Crippen LogP contribution < -0.4 is 5.73 Å². The highest BCUT2D eigenvalue weighted by Gasteiger charge is 2.15. The van der Waals surface area contributed by atoms with Gasteiger partial charge in [-0.25, -0.2) is 0 Å². The van der Waals surface area contributed by atoms with Crippen LogP contribution in [-0.4, -0.2) is 11.3 Å². The van der Waals surface area contributed by atoms with Crippen molar-refractivity contribution < 1.29 is 0 Å². The summed E-state index contributed by atoms with van der Waals surface area (Å²) in [6.45, 7) is 4.30. The van der Waals surface area contributed by atoms with Gasteiger partial charge in [0.15, 0.2) is 0 Å². The Morgan fingerprint density at radius 3 is 2.61 bits per heavy atom. The average molecular weight is 263 g/mol. The van der Waals surface area contributed by atoms with Crippen molar-refractivity contribution in [1.29, 1.82) is 0 Å². The first kappa shape index (κ1) is 14.0. The topological polar surface area (TPSA) is 26.0 Å². The molecule has 1 aromatic carbocycles. The summed E-state index contributed by atoms with van der Waals surface area (Å²) in [5.41, 5.74) is 8.65. The van der Waals surface area contributed by atoms with Gasteiger partial charge in [-0.15, -0.1) is 11.8 Å². The highest BCUT2D eigenvalue weighted by molar-refractivity contribution is 8.00. The molecule has 0 saturated heterocycles. The van der Waals surface area contributed by atoms with Crippen LogP contribution in [0.4, 0.5) is 0 Å². The van der Waals surface area contributed by atoms with Crippen molar-refractivity contribution in [3.8, 4) is 0 Å². The third-order valence-electron chi connectivity index (χ3n) is 3.64. The van der Waals surface area contributed by atoms with E-state index in [0.29, 0.717) is 0 Å². The molecule has 2 rings (SSSR count). The zero-order valence-electron chi connectivity index (χ0n) is 11.6. The number of benzene rings is 1. The second-order valence-corrected chi connectivity index (χ2v) is 7.00. The van der Waals surface area contributed by atoms with Crippen LogP contribution in [0.3, 0.4) is 0 Å². The zero-order valence-corrected chi connectivity index (χ0v) is 12.4. The monoisotopic (exact) mass is 263 g/mol. The molecule has 0 heterocycles. The third-order valence-corrected chi connectivity index (χ3v) is 5.16. The maximum absolute atomic E-state index is 5.86. The quantitative estimate of drug-likeness (QED) is 0.876. The maximum atomic E-state index is 5.86. The van der Waals surface area contributed by atoms with Gasteiger partial charge in [0, 0.05) is 16.2 Å². The Morgan fingerprint density at radius 2 is 2.00 bits per heavy atom. The highest BCUT2D eigenvalue weighted by Crippen LogP contribution is 2.35. The van der Waals surface area contributed by atoms with Gasteiger partial charge in [-0.1, -0.05) is 31.4 Å². The minimum absolute atomic E-state index is 0.251. The van der Waals surface area contributed by atoms with E-state index >= 15 is 0 Å². The molecule has 1 fully saturated rings. The number of aryl methyl sites for hydroxylation is 1. The van der Waals surface area contributed by atoms with Gasteiger partial charge >= 0.3 is 0 Å². The smallest absolute Gasteiger partial charge is 0.0104 e. The Morgan fingerprint density at radius 1 is 1.28 bits per heavy atom. The predicted octanol–water partition coefficient (Wildman–Crippen LogP) is 4.31. The van der Waals surface area contributed by atoms with E-state index in [1.54, 1.807) is 0 Å². The van der Waals surface area contributed by atoms with E-state index in [4.69, 9.17) is 5.73 Å². The van der Waals surface area contributed by atoms with E-state index in [0.717, 1.165) is 11.7 Å². The lowest BCUT2D eigenvalue weighted by molar-refractivity contribution is 0.516. The van der Waals surface area contributed by atoms with Crippen LogP contribution in [-0.2, 0) is 6.42 Å². The fraction of sp³-hybridized carbons (Fsp3) is 0.625. The first-order valence-corrected chi connectivity index (χ1v) is 8.05. The zero-order chi connectivity index (χ0) is 13.0. The second-order valence-electron chi connectivity index (χ2n) is 5.66. The lowest BCUT2D eigenvalue weighted by Gasteiger charge is -2.22. The van der Waals surface area contributed by atoms with Gasteiger partial charge in [0.1, 0.15) is 0 Å². The molecule has 1 nitrogen and oxygen atoms in total. The van der Waals surface area contributed by atoms with Crippen LogP contribution in [0.2, 0.25) is 0 Å². The number of nitrogens with two attached hydrogens (primary N) is 1. The van der Waals surface area contributed by atoms with Crippen molar-refractivity contribution in [2.24, 2.45) is 5.73 Å². The fourth-order valence-corrected chi connectivity index (χ4v) is 4.02. The molecule has 100 valence electrons. The summed E-state index contributed by atoms with van der Waals surface area (Å²) < 4.78 is 0. The van der Waals surface area contributed by atoms with Gasteiger partial charge < -0.3 is 5.73 Å². The van der Waals surface area contributed by atoms with Crippen LogP contribution in [0.5, 0.6) is 0 Å². The number of hydrogen-bond donors (Lipinski definition) is 1. The van der Waals surface area contributed by atoms with E-state index in [-0.39, 0.29) is 6.04 Å². The Hall–Kier alpha value is -0.470. The first-order chi connectivity index (χ1) is 8.65. The van der Waals surface area contributed by atoms with Gasteiger partial charge in [0.2, 0.25) is 0 Å². The summed E-state index contributed by atoms with van der Waals surface area (Å²) in [6.07, 6.45) is 8.04. The summed E-state index contributed by atoms with van der Waals surface area (Å²) >= 11 is 2.09. The van der Waals surface area contributed by atoms with Gasteiger partial charge in [0.05, 0.1) is 0 Å². The molecule has 1 saturated carbocycles. The molecule has 1 aromatic rings. The molecule has 0 radical (unpaired) electrons. The van der Waals surface area contributed by atoms with Crippen LogP contribution >= 0.6 is 11.8 Å². The SMILES string of the molecule is Cc1cc(CC(C)N)ccc1SC1CCCCC1. The molecule has 0 aromatic heterocycles. The molecule has 0 aliphatic heterocycles. The standard InChI is InChI=1S/C16H25NS/c1-12-10-14(11-13(2)17)8-9-16(12)18-15-6-4-3-5-7-15/h8-10,13,15H,3-7,11,17H2,1-2H3. The number of thioether (sulfide) groups is 1. The van der Waals surface area contributed by atoms with Crippen molar-refractivity contribution in [3.63, 3.8) is 0 Å². The van der Waals surface area contributed by atoms with Gasteiger partial charge in [0.25, 0.3) is 0 Å². The Bertz CT molecular complexity index is 381. The van der Waals surface area contributed by atoms with Gasteiger partial charge in [-0.3, -0.25) is 0 Å². The van der Waals surface area contributed by atoms with Crippen molar-refractivity contribution >= 4 is 11.8 Å². The summed E-state index contributed by atoms with van der Waals surface area (Å²) in [7, 11) is 0. The van der Waals surface area contributed by atoms with E-state index in [9.17, 15) is 0 Å². The van der Waals surface area contributed by atoms with Crippen LogP contribution in [0.15, 0.2) is 23.1 Å². The third kappa shape index (κ3) is 4.03. The summed E-state index contributed by atoms with van der Waals surface area (Å²) in [5.74, 6) is 0. The first-order valence-electron chi connectivity index (χ1n) is 7.17. The average Bonchev–Trinajstić information content (AvgIpc) is 2.33. The van der Waals surface area contributed by atoms with Crippen molar-refractivity contribution in [2.75, 3.05) is 0 Å². The fourth-order valence-electron chi connectivity index (χ4n) is 2.71. The van der Waals surface area contributed by atoms with Gasteiger partial charge in [-0.05, 0) is 50.3 Å².